The molecule has 5 rings (SSSR count). The van der Waals surface area contributed by atoms with Gasteiger partial charge in [-0.1, -0.05) is 30.3 Å². The van der Waals surface area contributed by atoms with Gasteiger partial charge < -0.3 is 5.32 Å². The first kappa shape index (κ1) is 20.7. The first-order valence-corrected chi connectivity index (χ1v) is 12.9. The second kappa shape index (κ2) is 8.77. The van der Waals surface area contributed by atoms with Gasteiger partial charge in [0, 0.05) is 39.7 Å². The lowest BCUT2D eigenvalue weighted by Crippen LogP contribution is -2.35. The highest BCUT2D eigenvalue weighted by molar-refractivity contribution is 7.98. The molecule has 1 amide bonds. The molecule has 0 unspecified atom stereocenters. The van der Waals surface area contributed by atoms with Gasteiger partial charge in [0.2, 0.25) is 5.91 Å². The van der Waals surface area contributed by atoms with Gasteiger partial charge in [-0.25, -0.2) is 4.98 Å². The van der Waals surface area contributed by atoms with Crippen molar-refractivity contribution < 1.29 is 4.79 Å². The fourth-order valence-corrected chi connectivity index (χ4v) is 6.01. The number of piperidine rings is 1. The van der Waals surface area contributed by atoms with E-state index in [0.717, 1.165) is 49.6 Å². The number of anilines is 1. The molecule has 0 radical (unpaired) electrons. The third kappa shape index (κ3) is 4.56. The lowest BCUT2D eigenvalue weighted by Gasteiger charge is -2.32. The van der Waals surface area contributed by atoms with Crippen molar-refractivity contribution >= 4 is 34.7 Å². The number of hydrogen-bond donors (Lipinski definition) is 1. The zero-order chi connectivity index (χ0) is 21.3. The lowest BCUT2D eigenvalue weighted by molar-refractivity contribution is -0.118. The summed E-state index contributed by atoms with van der Waals surface area (Å²) in [5, 5.41) is 4.22. The molecule has 2 heterocycles. The molecule has 2 aliphatic rings. The third-order valence-corrected chi connectivity index (χ3v) is 8.44. The Morgan fingerprint density at radius 1 is 1.16 bits per heavy atom. The summed E-state index contributed by atoms with van der Waals surface area (Å²) in [7, 11) is 0. The Hall–Kier alpha value is -2.15. The topological polar surface area (TPSA) is 45.2 Å². The molecule has 1 saturated heterocycles. The predicted molar refractivity (Wildman–Crippen MR) is 129 cm³/mol. The van der Waals surface area contributed by atoms with Crippen LogP contribution in [0.5, 0.6) is 0 Å². The monoisotopic (exact) mass is 449 g/mol. The zero-order valence-corrected chi connectivity index (χ0v) is 19.3. The molecule has 1 aliphatic heterocycles. The molecule has 1 N–H and O–H groups in total. The van der Waals surface area contributed by atoms with Crippen LogP contribution in [0.3, 0.4) is 0 Å². The van der Waals surface area contributed by atoms with Crippen LogP contribution in [0, 0.1) is 11.3 Å². The molecule has 3 aromatic rings. The summed E-state index contributed by atoms with van der Waals surface area (Å²) in [6, 6.07) is 18.5. The smallest absolute Gasteiger partial charge is 0.228 e. The Morgan fingerprint density at radius 2 is 1.90 bits per heavy atom. The minimum atomic E-state index is 0.169. The number of likely N-dealkylation sites (tertiary alicyclic amines) is 1. The SMILES string of the molecule is CSc1ccc(NC(=O)[C@@H]2CC23CCN(Cc2cnc(-c4ccccc4)s2)CC3)cc1. The van der Waals surface area contributed by atoms with Crippen LogP contribution in [0.1, 0.15) is 24.1 Å². The van der Waals surface area contributed by atoms with E-state index in [-0.39, 0.29) is 17.2 Å². The van der Waals surface area contributed by atoms with E-state index in [9.17, 15) is 4.79 Å². The molecule has 1 saturated carbocycles. The van der Waals surface area contributed by atoms with Crippen LogP contribution in [0.25, 0.3) is 10.6 Å². The van der Waals surface area contributed by atoms with Crippen molar-refractivity contribution in [2.45, 2.75) is 30.7 Å². The Morgan fingerprint density at radius 3 is 2.61 bits per heavy atom. The number of rotatable bonds is 6. The summed E-state index contributed by atoms with van der Waals surface area (Å²) < 4.78 is 0. The number of amides is 1. The second-order valence-electron chi connectivity index (χ2n) is 8.61. The van der Waals surface area contributed by atoms with Gasteiger partial charge in [-0.3, -0.25) is 9.69 Å². The van der Waals surface area contributed by atoms with Crippen LogP contribution in [0.4, 0.5) is 5.69 Å². The van der Waals surface area contributed by atoms with Gasteiger partial charge in [-0.05, 0) is 68.3 Å². The molecule has 2 aromatic carbocycles. The molecule has 31 heavy (non-hydrogen) atoms. The maximum Gasteiger partial charge on any atom is 0.228 e. The average Bonchev–Trinajstić information content (AvgIpc) is 3.31. The number of nitrogens with one attached hydrogen (secondary N) is 1. The molecule has 2 fully saturated rings. The van der Waals surface area contributed by atoms with E-state index in [1.54, 1.807) is 23.1 Å². The number of thiazole rings is 1. The standard InChI is InChI=1S/C25H27N3OS2/c1-30-20-9-7-19(8-10-20)27-23(29)22-15-25(22)11-13-28(14-12-25)17-21-16-26-24(31-21)18-5-3-2-4-6-18/h2-10,16,22H,11-15,17H2,1H3,(H,27,29)/t22-/m0/s1. The van der Waals surface area contributed by atoms with Crippen molar-refractivity contribution in [3.05, 3.63) is 65.7 Å². The first-order valence-electron chi connectivity index (χ1n) is 10.8. The Bertz CT molecular complexity index is 1040. The van der Waals surface area contributed by atoms with Gasteiger partial charge in [0.15, 0.2) is 0 Å². The molecule has 1 spiro atoms. The van der Waals surface area contributed by atoms with E-state index in [0.29, 0.717) is 0 Å². The van der Waals surface area contributed by atoms with Gasteiger partial charge in [-0.2, -0.15) is 0 Å². The minimum Gasteiger partial charge on any atom is -0.326 e. The maximum absolute atomic E-state index is 12.8. The fraction of sp³-hybridized carbons (Fsp3) is 0.360. The van der Waals surface area contributed by atoms with Crippen LogP contribution in [-0.4, -0.2) is 35.1 Å². The zero-order valence-electron chi connectivity index (χ0n) is 17.7. The van der Waals surface area contributed by atoms with Crippen LogP contribution in [-0.2, 0) is 11.3 Å². The van der Waals surface area contributed by atoms with Gasteiger partial charge >= 0.3 is 0 Å². The Labute approximate surface area is 192 Å². The maximum atomic E-state index is 12.8. The van der Waals surface area contributed by atoms with Gasteiger partial charge in [0.25, 0.3) is 0 Å². The fourth-order valence-electron chi connectivity index (χ4n) is 4.65. The molecule has 0 bridgehead atoms. The van der Waals surface area contributed by atoms with Gasteiger partial charge in [0.1, 0.15) is 5.01 Å². The number of benzene rings is 2. The van der Waals surface area contributed by atoms with Crippen molar-refractivity contribution in [3.63, 3.8) is 0 Å². The molecule has 160 valence electrons. The van der Waals surface area contributed by atoms with Crippen LogP contribution in [0.15, 0.2) is 65.7 Å². The number of thioether (sulfide) groups is 1. The van der Waals surface area contributed by atoms with Crippen molar-refractivity contribution in [1.82, 2.24) is 9.88 Å². The number of carbonyl (C=O) groups is 1. The van der Waals surface area contributed by atoms with E-state index in [1.165, 1.54) is 15.3 Å². The highest BCUT2D eigenvalue weighted by Gasteiger charge is 2.58. The van der Waals surface area contributed by atoms with Crippen molar-refractivity contribution in [3.8, 4) is 10.6 Å². The lowest BCUT2D eigenvalue weighted by atomic mass is 9.90. The Kier molecular flexibility index (Phi) is 5.87. The molecule has 6 heteroatoms. The van der Waals surface area contributed by atoms with Crippen molar-refractivity contribution in [2.75, 3.05) is 24.7 Å². The number of aromatic nitrogens is 1. The summed E-state index contributed by atoms with van der Waals surface area (Å²) in [4.78, 5) is 22.4. The van der Waals surface area contributed by atoms with E-state index in [2.05, 4.69) is 57.9 Å². The van der Waals surface area contributed by atoms with E-state index in [4.69, 9.17) is 0 Å². The predicted octanol–water partition coefficient (Wildman–Crippen LogP) is 5.77. The first-order chi connectivity index (χ1) is 15.1. The van der Waals surface area contributed by atoms with Crippen LogP contribution < -0.4 is 5.32 Å². The number of carbonyl (C=O) groups excluding carboxylic acids is 1. The van der Waals surface area contributed by atoms with Gasteiger partial charge in [0.05, 0.1) is 0 Å². The molecule has 1 aromatic heterocycles. The summed E-state index contributed by atoms with van der Waals surface area (Å²) in [5.41, 5.74) is 2.32. The van der Waals surface area contributed by atoms with Crippen molar-refractivity contribution in [1.29, 1.82) is 0 Å². The Balaban J connectivity index is 1.12. The second-order valence-corrected chi connectivity index (χ2v) is 10.6. The van der Waals surface area contributed by atoms with E-state index >= 15 is 0 Å². The van der Waals surface area contributed by atoms with Crippen LogP contribution in [0.2, 0.25) is 0 Å². The largest absolute Gasteiger partial charge is 0.326 e. The highest BCUT2D eigenvalue weighted by atomic mass is 32.2. The summed E-state index contributed by atoms with van der Waals surface area (Å²) >= 11 is 3.50. The molecule has 1 aliphatic carbocycles. The molecule has 4 nitrogen and oxygen atoms in total. The van der Waals surface area contributed by atoms with Crippen molar-refractivity contribution in [2.24, 2.45) is 11.3 Å². The number of nitrogens with zero attached hydrogens (tertiary/aromatic N) is 2. The summed E-state index contributed by atoms with van der Waals surface area (Å²) in [6.45, 7) is 3.08. The quantitative estimate of drug-likeness (QED) is 0.485. The minimum absolute atomic E-state index is 0.169. The number of hydrogen-bond acceptors (Lipinski definition) is 5. The summed E-state index contributed by atoms with van der Waals surface area (Å²) in [6.07, 6.45) is 7.34. The van der Waals surface area contributed by atoms with E-state index in [1.807, 2.05) is 24.4 Å². The van der Waals surface area contributed by atoms with Gasteiger partial charge in [-0.15, -0.1) is 23.1 Å². The normalized spacial score (nSPS) is 20.0. The third-order valence-electron chi connectivity index (χ3n) is 6.67. The molecular formula is C25H27N3OS2. The summed E-state index contributed by atoms with van der Waals surface area (Å²) in [5.74, 6) is 0.364. The highest BCUT2D eigenvalue weighted by Crippen LogP contribution is 2.59. The van der Waals surface area contributed by atoms with Crippen LogP contribution >= 0.6 is 23.1 Å². The molecular weight excluding hydrogens is 422 g/mol. The van der Waals surface area contributed by atoms with E-state index < -0.39 is 0 Å². The average molecular weight is 450 g/mol. The molecule has 1 atom stereocenters.